The molecule has 0 radical (unpaired) electrons. The molecule has 5 heteroatoms. The molecule has 0 saturated heterocycles. The molecule has 3 aromatic heterocycles. The van der Waals surface area contributed by atoms with Crippen molar-refractivity contribution in [2.45, 2.75) is 0 Å². The number of nitrogens with one attached hydrogen (secondary N) is 1. The molecule has 3 rings (SSSR count). The summed E-state index contributed by atoms with van der Waals surface area (Å²) in [4.78, 5) is 22.6. The molecular weight excluding hydrogens is 204 g/mol. The van der Waals surface area contributed by atoms with Crippen molar-refractivity contribution in [3.8, 4) is 5.69 Å². The summed E-state index contributed by atoms with van der Waals surface area (Å²) in [5.74, 6) is 0. The summed E-state index contributed by atoms with van der Waals surface area (Å²) < 4.78 is 1.52. The van der Waals surface area contributed by atoms with E-state index in [2.05, 4.69) is 15.0 Å². The number of aromatic nitrogens is 4. The molecule has 3 heterocycles. The molecule has 3 aromatic rings. The Kier molecular flexibility index (Phi) is 1.83. The molecule has 0 atom stereocenters. The van der Waals surface area contributed by atoms with Crippen molar-refractivity contribution in [2.75, 3.05) is 0 Å². The molecule has 78 valence electrons. The van der Waals surface area contributed by atoms with Crippen LogP contribution in [0.5, 0.6) is 0 Å². The molecular formula is C11H8N4O. The van der Waals surface area contributed by atoms with Gasteiger partial charge in [0.2, 0.25) is 0 Å². The molecule has 0 fully saturated rings. The van der Waals surface area contributed by atoms with E-state index in [0.29, 0.717) is 5.65 Å². The Morgan fingerprint density at radius 1 is 1.12 bits per heavy atom. The van der Waals surface area contributed by atoms with E-state index in [-0.39, 0.29) is 5.69 Å². The molecule has 16 heavy (non-hydrogen) atoms. The van der Waals surface area contributed by atoms with E-state index in [1.54, 1.807) is 36.8 Å². The zero-order chi connectivity index (χ0) is 11.0. The maximum atomic E-state index is 11.8. The molecule has 0 aliphatic heterocycles. The Morgan fingerprint density at radius 3 is 2.75 bits per heavy atom. The van der Waals surface area contributed by atoms with Crippen LogP contribution < -0.4 is 5.69 Å². The van der Waals surface area contributed by atoms with E-state index >= 15 is 0 Å². The summed E-state index contributed by atoms with van der Waals surface area (Å²) in [6.07, 6.45) is 4.94. The first-order valence-electron chi connectivity index (χ1n) is 4.82. The Hall–Kier alpha value is -2.43. The van der Waals surface area contributed by atoms with Gasteiger partial charge >= 0.3 is 5.69 Å². The van der Waals surface area contributed by atoms with Gasteiger partial charge in [0.05, 0.1) is 11.2 Å². The van der Waals surface area contributed by atoms with E-state index < -0.39 is 0 Å². The molecule has 0 bridgehead atoms. The van der Waals surface area contributed by atoms with Gasteiger partial charge in [-0.25, -0.2) is 14.3 Å². The monoisotopic (exact) mass is 212 g/mol. The van der Waals surface area contributed by atoms with E-state index in [0.717, 1.165) is 11.2 Å². The van der Waals surface area contributed by atoms with Gasteiger partial charge in [-0.05, 0) is 24.3 Å². The molecule has 0 aliphatic carbocycles. The van der Waals surface area contributed by atoms with Crippen LogP contribution in [0.3, 0.4) is 0 Å². The molecule has 0 aliphatic rings. The molecule has 0 amide bonds. The molecule has 1 N–H and O–H groups in total. The summed E-state index contributed by atoms with van der Waals surface area (Å²) in [5.41, 5.74) is 1.91. The van der Waals surface area contributed by atoms with Gasteiger partial charge in [-0.15, -0.1) is 0 Å². The second kappa shape index (κ2) is 3.30. The molecule has 0 unspecified atom stereocenters. The second-order valence-electron chi connectivity index (χ2n) is 3.35. The van der Waals surface area contributed by atoms with Gasteiger partial charge in [0.15, 0.2) is 5.65 Å². The van der Waals surface area contributed by atoms with Crippen LogP contribution in [-0.4, -0.2) is 19.5 Å². The van der Waals surface area contributed by atoms with Gasteiger partial charge in [-0.3, -0.25) is 4.98 Å². The smallest absolute Gasteiger partial charge is 0.304 e. The summed E-state index contributed by atoms with van der Waals surface area (Å²) in [6, 6.07) is 7.14. The lowest BCUT2D eigenvalue weighted by molar-refractivity contribution is 0.995. The van der Waals surface area contributed by atoms with Gasteiger partial charge in [0.25, 0.3) is 0 Å². The fourth-order valence-electron chi connectivity index (χ4n) is 1.67. The Balaban J connectivity index is 2.40. The topological polar surface area (TPSA) is 63.6 Å². The summed E-state index contributed by atoms with van der Waals surface area (Å²) in [5, 5.41) is 0. The minimum absolute atomic E-state index is 0.195. The minimum Gasteiger partial charge on any atom is -0.304 e. The van der Waals surface area contributed by atoms with Gasteiger partial charge in [-0.1, -0.05) is 0 Å². The van der Waals surface area contributed by atoms with E-state index in [4.69, 9.17) is 0 Å². The van der Waals surface area contributed by atoms with Crippen LogP contribution in [0.2, 0.25) is 0 Å². The van der Waals surface area contributed by atoms with Gasteiger partial charge in [0, 0.05) is 18.6 Å². The fourth-order valence-corrected chi connectivity index (χ4v) is 1.67. The maximum absolute atomic E-state index is 11.8. The van der Waals surface area contributed by atoms with Crippen molar-refractivity contribution in [1.82, 2.24) is 19.5 Å². The third kappa shape index (κ3) is 1.22. The largest absolute Gasteiger partial charge is 0.332 e. The number of imidazole rings is 1. The standard InChI is InChI=1S/C11H8N4O/c16-11-14-9-2-1-5-13-10(9)15(11)8-3-6-12-7-4-8/h1-7H,(H,14,16). The van der Waals surface area contributed by atoms with Crippen molar-refractivity contribution >= 4 is 11.2 Å². The molecule has 0 spiro atoms. The first-order chi connectivity index (χ1) is 7.86. The second-order valence-corrected chi connectivity index (χ2v) is 3.35. The highest BCUT2D eigenvalue weighted by Crippen LogP contribution is 2.11. The highest BCUT2D eigenvalue weighted by Gasteiger charge is 2.08. The number of rotatable bonds is 1. The third-order valence-corrected chi connectivity index (χ3v) is 2.36. The number of nitrogens with zero attached hydrogens (tertiary/aromatic N) is 3. The normalized spacial score (nSPS) is 10.8. The SMILES string of the molecule is O=c1[nH]c2cccnc2n1-c1ccncc1. The zero-order valence-corrected chi connectivity index (χ0v) is 8.29. The van der Waals surface area contributed by atoms with Gasteiger partial charge in [0.1, 0.15) is 0 Å². The van der Waals surface area contributed by atoms with Crippen LogP contribution in [0.4, 0.5) is 0 Å². The van der Waals surface area contributed by atoms with Crippen LogP contribution in [0, 0.1) is 0 Å². The fraction of sp³-hybridized carbons (Fsp3) is 0. The van der Waals surface area contributed by atoms with Crippen molar-refractivity contribution < 1.29 is 0 Å². The van der Waals surface area contributed by atoms with Crippen LogP contribution in [0.1, 0.15) is 0 Å². The lowest BCUT2D eigenvalue weighted by Crippen LogP contribution is -2.14. The third-order valence-electron chi connectivity index (χ3n) is 2.36. The number of pyridine rings is 2. The predicted molar refractivity (Wildman–Crippen MR) is 59.5 cm³/mol. The van der Waals surface area contributed by atoms with Crippen LogP contribution in [0.15, 0.2) is 47.7 Å². The Morgan fingerprint density at radius 2 is 1.94 bits per heavy atom. The minimum atomic E-state index is -0.195. The van der Waals surface area contributed by atoms with E-state index in [9.17, 15) is 4.79 Å². The molecule has 0 aromatic carbocycles. The number of aromatic amines is 1. The molecule has 0 saturated carbocycles. The van der Waals surface area contributed by atoms with Gasteiger partial charge < -0.3 is 4.98 Å². The lowest BCUT2D eigenvalue weighted by Gasteiger charge is -2.00. The quantitative estimate of drug-likeness (QED) is 0.657. The average molecular weight is 212 g/mol. The summed E-state index contributed by atoms with van der Waals surface area (Å²) in [7, 11) is 0. The highest BCUT2D eigenvalue weighted by molar-refractivity contribution is 5.72. The van der Waals surface area contributed by atoms with Crippen molar-refractivity contribution in [3.05, 3.63) is 53.3 Å². The first-order valence-corrected chi connectivity index (χ1v) is 4.82. The van der Waals surface area contributed by atoms with Crippen LogP contribution >= 0.6 is 0 Å². The number of hydrogen-bond donors (Lipinski definition) is 1. The highest BCUT2D eigenvalue weighted by atomic mass is 16.1. The Bertz CT molecular complexity index is 684. The molecule has 5 nitrogen and oxygen atoms in total. The Labute approximate surface area is 90.4 Å². The lowest BCUT2D eigenvalue weighted by atomic mass is 10.4. The van der Waals surface area contributed by atoms with Crippen molar-refractivity contribution in [3.63, 3.8) is 0 Å². The van der Waals surface area contributed by atoms with Crippen molar-refractivity contribution in [1.29, 1.82) is 0 Å². The first kappa shape index (κ1) is 8.84. The van der Waals surface area contributed by atoms with Crippen LogP contribution in [0.25, 0.3) is 16.9 Å². The van der Waals surface area contributed by atoms with Crippen molar-refractivity contribution in [2.24, 2.45) is 0 Å². The predicted octanol–water partition coefficient (Wildman–Crippen LogP) is 1.11. The maximum Gasteiger partial charge on any atom is 0.332 e. The number of H-pyrrole nitrogens is 1. The average Bonchev–Trinajstić information content (AvgIpc) is 2.66. The number of hydrogen-bond acceptors (Lipinski definition) is 3. The van der Waals surface area contributed by atoms with E-state index in [1.165, 1.54) is 4.57 Å². The van der Waals surface area contributed by atoms with Gasteiger partial charge in [-0.2, -0.15) is 0 Å². The summed E-state index contributed by atoms with van der Waals surface area (Å²) in [6.45, 7) is 0. The number of fused-ring (bicyclic) bond motifs is 1. The van der Waals surface area contributed by atoms with E-state index in [1.807, 2.05) is 6.07 Å². The zero-order valence-electron chi connectivity index (χ0n) is 8.29. The summed E-state index contributed by atoms with van der Waals surface area (Å²) >= 11 is 0. The van der Waals surface area contributed by atoms with Crippen LogP contribution in [-0.2, 0) is 0 Å².